The molecule has 0 aliphatic heterocycles. The van der Waals surface area contributed by atoms with Crippen LogP contribution in [-0.2, 0) is 10.0 Å². The number of anilines is 1. The molecular formula is C18H16ClNO3S. The predicted octanol–water partition coefficient (Wildman–Crippen LogP) is 4.61. The van der Waals surface area contributed by atoms with E-state index in [1.807, 2.05) is 24.3 Å². The Hall–Kier alpha value is -2.24. The first kappa shape index (κ1) is 16.6. The van der Waals surface area contributed by atoms with Crippen LogP contribution in [0.3, 0.4) is 0 Å². The number of sulfonamides is 1. The van der Waals surface area contributed by atoms with Crippen molar-refractivity contribution in [1.29, 1.82) is 0 Å². The summed E-state index contributed by atoms with van der Waals surface area (Å²) in [5, 5.41) is 2.19. The second-order valence-corrected chi connectivity index (χ2v) is 7.59. The highest BCUT2D eigenvalue weighted by atomic mass is 35.5. The van der Waals surface area contributed by atoms with Crippen LogP contribution in [0.25, 0.3) is 10.8 Å². The largest absolute Gasteiger partial charge is 0.496 e. The van der Waals surface area contributed by atoms with Gasteiger partial charge in [-0.15, -0.1) is 0 Å². The molecule has 0 aliphatic carbocycles. The zero-order valence-corrected chi connectivity index (χ0v) is 14.8. The fourth-order valence-electron chi connectivity index (χ4n) is 2.58. The third kappa shape index (κ3) is 3.32. The Morgan fingerprint density at radius 3 is 2.50 bits per heavy atom. The smallest absolute Gasteiger partial charge is 0.261 e. The summed E-state index contributed by atoms with van der Waals surface area (Å²) in [6.45, 7) is 1.80. The van der Waals surface area contributed by atoms with Gasteiger partial charge in [0, 0.05) is 16.5 Å². The van der Waals surface area contributed by atoms with Gasteiger partial charge >= 0.3 is 0 Å². The standard InChI is InChI=1S/C18H16ClNO3S/c1-12-7-14(19)10-16(8-12)24(21,22)20-15-9-13-5-3-4-6-17(13)18(11-15)23-2/h3-11,20H,1-2H3. The average Bonchev–Trinajstić information content (AvgIpc) is 2.52. The second-order valence-electron chi connectivity index (χ2n) is 5.47. The highest BCUT2D eigenvalue weighted by Gasteiger charge is 2.16. The van der Waals surface area contributed by atoms with Gasteiger partial charge < -0.3 is 4.74 Å². The quantitative estimate of drug-likeness (QED) is 0.738. The number of rotatable bonds is 4. The molecule has 3 aromatic carbocycles. The van der Waals surface area contributed by atoms with Crippen LogP contribution in [0.1, 0.15) is 5.56 Å². The van der Waals surface area contributed by atoms with Gasteiger partial charge in [0.1, 0.15) is 5.75 Å². The van der Waals surface area contributed by atoms with E-state index >= 15 is 0 Å². The summed E-state index contributed by atoms with van der Waals surface area (Å²) >= 11 is 5.97. The number of nitrogens with one attached hydrogen (secondary N) is 1. The van der Waals surface area contributed by atoms with Crippen LogP contribution < -0.4 is 9.46 Å². The maximum absolute atomic E-state index is 12.6. The van der Waals surface area contributed by atoms with Crippen LogP contribution in [0.2, 0.25) is 5.02 Å². The molecule has 3 rings (SSSR count). The number of ether oxygens (including phenoxy) is 1. The monoisotopic (exact) mass is 361 g/mol. The van der Waals surface area contributed by atoms with E-state index in [1.165, 1.54) is 6.07 Å². The lowest BCUT2D eigenvalue weighted by atomic mass is 10.1. The summed E-state index contributed by atoms with van der Waals surface area (Å²) in [4.78, 5) is 0.125. The van der Waals surface area contributed by atoms with Gasteiger partial charge in [-0.1, -0.05) is 35.9 Å². The molecule has 0 aromatic heterocycles. The third-order valence-corrected chi connectivity index (χ3v) is 5.20. The van der Waals surface area contributed by atoms with Gasteiger partial charge in [-0.3, -0.25) is 4.72 Å². The molecule has 0 heterocycles. The lowest BCUT2D eigenvalue weighted by Gasteiger charge is -2.12. The fraction of sp³-hybridized carbons (Fsp3) is 0.111. The Morgan fingerprint density at radius 2 is 1.79 bits per heavy atom. The lowest BCUT2D eigenvalue weighted by molar-refractivity contribution is 0.420. The molecule has 1 N–H and O–H groups in total. The first-order valence-electron chi connectivity index (χ1n) is 7.26. The molecule has 0 fully saturated rings. The predicted molar refractivity (Wildman–Crippen MR) is 97.5 cm³/mol. The Kier molecular flexibility index (Phi) is 4.39. The normalized spacial score (nSPS) is 11.5. The number of fused-ring (bicyclic) bond motifs is 1. The van der Waals surface area contributed by atoms with Crippen LogP contribution in [0, 0.1) is 6.92 Å². The number of halogens is 1. The second kappa shape index (κ2) is 6.34. The molecular weight excluding hydrogens is 346 g/mol. The van der Waals surface area contributed by atoms with Gasteiger partial charge in [0.15, 0.2) is 0 Å². The Bertz CT molecular complexity index is 996. The minimum Gasteiger partial charge on any atom is -0.496 e. The Labute approximate surface area is 146 Å². The average molecular weight is 362 g/mol. The molecule has 6 heteroatoms. The van der Waals surface area contributed by atoms with Gasteiger partial charge in [0.2, 0.25) is 0 Å². The Balaban J connectivity index is 2.05. The number of hydrogen-bond donors (Lipinski definition) is 1. The highest BCUT2D eigenvalue weighted by molar-refractivity contribution is 7.92. The summed E-state index contributed by atoms with van der Waals surface area (Å²) in [6, 6.07) is 15.8. The summed E-state index contributed by atoms with van der Waals surface area (Å²) in [7, 11) is -2.19. The van der Waals surface area contributed by atoms with E-state index < -0.39 is 10.0 Å². The molecule has 0 amide bonds. The first-order chi connectivity index (χ1) is 11.4. The topological polar surface area (TPSA) is 55.4 Å². The zero-order valence-electron chi connectivity index (χ0n) is 13.2. The van der Waals surface area contributed by atoms with E-state index in [0.717, 1.165) is 16.3 Å². The van der Waals surface area contributed by atoms with Crippen molar-refractivity contribution in [2.75, 3.05) is 11.8 Å². The van der Waals surface area contributed by atoms with Crippen LogP contribution in [-0.4, -0.2) is 15.5 Å². The molecule has 0 bridgehead atoms. The lowest BCUT2D eigenvalue weighted by Crippen LogP contribution is -2.13. The maximum atomic E-state index is 12.6. The minimum atomic E-state index is -3.74. The number of benzene rings is 3. The van der Waals surface area contributed by atoms with E-state index in [1.54, 1.807) is 38.3 Å². The van der Waals surface area contributed by atoms with Crippen LogP contribution in [0.15, 0.2) is 59.5 Å². The van der Waals surface area contributed by atoms with Crippen LogP contribution >= 0.6 is 11.6 Å². The molecule has 4 nitrogen and oxygen atoms in total. The van der Waals surface area contributed by atoms with E-state index in [-0.39, 0.29) is 4.90 Å². The SMILES string of the molecule is COc1cc(NS(=O)(=O)c2cc(C)cc(Cl)c2)cc2ccccc12. The van der Waals surface area contributed by atoms with Gasteiger partial charge in [-0.05, 0) is 42.1 Å². The van der Waals surface area contributed by atoms with Gasteiger partial charge in [0.05, 0.1) is 17.7 Å². The third-order valence-electron chi connectivity index (χ3n) is 3.62. The van der Waals surface area contributed by atoms with Crippen molar-refractivity contribution >= 4 is 38.1 Å². The maximum Gasteiger partial charge on any atom is 0.261 e. The van der Waals surface area contributed by atoms with E-state index in [9.17, 15) is 8.42 Å². The fourth-order valence-corrected chi connectivity index (χ4v) is 4.10. The van der Waals surface area contributed by atoms with Crippen molar-refractivity contribution < 1.29 is 13.2 Å². The van der Waals surface area contributed by atoms with Crippen molar-refractivity contribution in [3.63, 3.8) is 0 Å². The molecule has 3 aromatic rings. The van der Waals surface area contributed by atoms with Gasteiger partial charge in [0.25, 0.3) is 10.0 Å². The van der Waals surface area contributed by atoms with Crippen LogP contribution in [0.4, 0.5) is 5.69 Å². The van der Waals surface area contributed by atoms with Crippen molar-refractivity contribution in [2.45, 2.75) is 11.8 Å². The highest BCUT2D eigenvalue weighted by Crippen LogP contribution is 2.31. The molecule has 0 aliphatic rings. The molecule has 24 heavy (non-hydrogen) atoms. The van der Waals surface area contributed by atoms with Crippen molar-refractivity contribution in [3.8, 4) is 5.75 Å². The van der Waals surface area contributed by atoms with E-state index in [0.29, 0.717) is 16.5 Å². The molecule has 124 valence electrons. The first-order valence-corrected chi connectivity index (χ1v) is 9.12. The van der Waals surface area contributed by atoms with Crippen molar-refractivity contribution in [3.05, 3.63) is 65.2 Å². The Morgan fingerprint density at radius 1 is 1.04 bits per heavy atom. The van der Waals surface area contributed by atoms with Gasteiger partial charge in [-0.2, -0.15) is 0 Å². The van der Waals surface area contributed by atoms with Gasteiger partial charge in [-0.25, -0.2) is 8.42 Å². The molecule has 0 saturated carbocycles. The van der Waals surface area contributed by atoms with Crippen LogP contribution in [0.5, 0.6) is 5.75 Å². The molecule has 0 spiro atoms. The number of hydrogen-bond acceptors (Lipinski definition) is 3. The number of methoxy groups -OCH3 is 1. The van der Waals surface area contributed by atoms with Crippen molar-refractivity contribution in [1.82, 2.24) is 0 Å². The number of aryl methyl sites for hydroxylation is 1. The zero-order chi connectivity index (χ0) is 17.3. The molecule has 0 radical (unpaired) electrons. The van der Waals surface area contributed by atoms with Crippen molar-refractivity contribution in [2.24, 2.45) is 0 Å². The molecule has 0 saturated heterocycles. The summed E-state index contributed by atoms with van der Waals surface area (Å²) in [5.41, 5.74) is 1.21. The van der Waals surface area contributed by atoms with E-state index in [2.05, 4.69) is 4.72 Å². The molecule has 0 unspecified atom stereocenters. The summed E-state index contributed by atoms with van der Waals surface area (Å²) < 4.78 is 33.2. The summed E-state index contributed by atoms with van der Waals surface area (Å²) in [5.74, 6) is 0.605. The molecule has 0 atom stereocenters. The summed E-state index contributed by atoms with van der Waals surface area (Å²) in [6.07, 6.45) is 0. The van der Waals surface area contributed by atoms with E-state index in [4.69, 9.17) is 16.3 Å². The minimum absolute atomic E-state index is 0.125.